The zero-order valence-corrected chi connectivity index (χ0v) is 11.1. The van der Waals surface area contributed by atoms with Gasteiger partial charge in [0.15, 0.2) is 0 Å². The van der Waals surface area contributed by atoms with E-state index in [0.717, 1.165) is 0 Å². The zero-order valence-electron chi connectivity index (χ0n) is 11.1. The third-order valence-electron chi connectivity index (χ3n) is 2.72. The number of rotatable bonds is 6. The van der Waals surface area contributed by atoms with Crippen molar-refractivity contribution in [1.82, 2.24) is 0 Å². The smallest absolute Gasteiger partial charge is 0.338 e. The van der Waals surface area contributed by atoms with E-state index in [1.807, 2.05) is 13.8 Å². The largest absolute Gasteiger partial charge is 0.497 e. The first-order valence-electron chi connectivity index (χ1n) is 6.04. The molecule has 0 amide bonds. The predicted molar refractivity (Wildman–Crippen MR) is 68.7 cm³/mol. The standard InChI is InChI=1S/C14H20O4/c1-10(2)13(15)7-8-18-14(16)11-5-4-6-12(9-11)17-3/h4-6,9-10,13,15H,7-8H2,1-3H3. The van der Waals surface area contributed by atoms with Crippen LogP contribution in [0.5, 0.6) is 5.75 Å². The first-order valence-corrected chi connectivity index (χ1v) is 6.04. The molecule has 18 heavy (non-hydrogen) atoms. The van der Waals surface area contributed by atoms with E-state index in [2.05, 4.69) is 0 Å². The molecule has 0 aromatic heterocycles. The Bertz CT molecular complexity index is 387. The number of carbonyl (C=O) groups is 1. The molecule has 1 atom stereocenters. The molecule has 1 rings (SSSR count). The lowest BCUT2D eigenvalue weighted by Gasteiger charge is -2.14. The number of hydrogen-bond acceptors (Lipinski definition) is 4. The van der Waals surface area contributed by atoms with Crippen LogP contribution in [0.3, 0.4) is 0 Å². The summed E-state index contributed by atoms with van der Waals surface area (Å²) in [5.74, 6) is 0.386. The van der Waals surface area contributed by atoms with Crippen molar-refractivity contribution in [3.05, 3.63) is 29.8 Å². The molecule has 0 heterocycles. The van der Waals surface area contributed by atoms with Crippen LogP contribution >= 0.6 is 0 Å². The number of benzene rings is 1. The molecule has 0 radical (unpaired) electrons. The Morgan fingerprint density at radius 1 is 1.39 bits per heavy atom. The number of hydrogen-bond donors (Lipinski definition) is 1. The summed E-state index contributed by atoms with van der Waals surface area (Å²) in [7, 11) is 1.55. The van der Waals surface area contributed by atoms with E-state index in [1.165, 1.54) is 0 Å². The van der Waals surface area contributed by atoms with Crippen molar-refractivity contribution in [2.75, 3.05) is 13.7 Å². The third-order valence-corrected chi connectivity index (χ3v) is 2.72. The Balaban J connectivity index is 2.45. The molecule has 1 aromatic carbocycles. The van der Waals surface area contributed by atoms with Crippen molar-refractivity contribution in [2.24, 2.45) is 5.92 Å². The normalized spacial score (nSPS) is 12.3. The molecule has 4 heteroatoms. The van der Waals surface area contributed by atoms with Crippen molar-refractivity contribution in [3.8, 4) is 5.75 Å². The van der Waals surface area contributed by atoms with Gasteiger partial charge in [0.25, 0.3) is 0 Å². The molecule has 1 aromatic rings. The fraction of sp³-hybridized carbons (Fsp3) is 0.500. The van der Waals surface area contributed by atoms with Crippen LogP contribution in [0.2, 0.25) is 0 Å². The Labute approximate surface area is 108 Å². The number of ether oxygens (including phenoxy) is 2. The van der Waals surface area contributed by atoms with Gasteiger partial charge in [-0.1, -0.05) is 19.9 Å². The highest BCUT2D eigenvalue weighted by Gasteiger charge is 2.12. The van der Waals surface area contributed by atoms with E-state index >= 15 is 0 Å². The van der Waals surface area contributed by atoms with Crippen LogP contribution in [0, 0.1) is 5.92 Å². The number of esters is 1. The SMILES string of the molecule is COc1cccc(C(=O)OCCC(O)C(C)C)c1. The quantitative estimate of drug-likeness (QED) is 0.789. The summed E-state index contributed by atoms with van der Waals surface area (Å²) in [6.45, 7) is 4.07. The molecule has 0 aliphatic heterocycles. The lowest BCUT2D eigenvalue weighted by Crippen LogP contribution is -2.18. The van der Waals surface area contributed by atoms with Gasteiger partial charge in [-0.25, -0.2) is 4.79 Å². The van der Waals surface area contributed by atoms with Gasteiger partial charge in [0.05, 0.1) is 25.4 Å². The topological polar surface area (TPSA) is 55.8 Å². The van der Waals surface area contributed by atoms with Crippen molar-refractivity contribution >= 4 is 5.97 Å². The van der Waals surface area contributed by atoms with E-state index in [0.29, 0.717) is 17.7 Å². The van der Waals surface area contributed by atoms with Gasteiger partial charge < -0.3 is 14.6 Å². The zero-order chi connectivity index (χ0) is 13.5. The molecule has 100 valence electrons. The van der Waals surface area contributed by atoms with Crippen LogP contribution < -0.4 is 4.74 Å². The summed E-state index contributed by atoms with van der Waals surface area (Å²) in [5.41, 5.74) is 0.452. The van der Waals surface area contributed by atoms with Gasteiger partial charge in [0, 0.05) is 6.42 Å². The molecule has 0 saturated heterocycles. The minimum Gasteiger partial charge on any atom is -0.497 e. The van der Waals surface area contributed by atoms with Gasteiger partial charge in [-0.2, -0.15) is 0 Å². The molecular weight excluding hydrogens is 232 g/mol. The second kappa shape index (κ2) is 7.01. The highest BCUT2D eigenvalue weighted by molar-refractivity contribution is 5.89. The second-order valence-electron chi connectivity index (χ2n) is 4.47. The maximum absolute atomic E-state index is 11.7. The number of aliphatic hydroxyl groups is 1. The minimum absolute atomic E-state index is 0.167. The van der Waals surface area contributed by atoms with Crippen molar-refractivity contribution in [3.63, 3.8) is 0 Å². The Morgan fingerprint density at radius 2 is 2.11 bits per heavy atom. The lowest BCUT2D eigenvalue weighted by atomic mass is 10.1. The van der Waals surface area contributed by atoms with Crippen LogP contribution in [0.25, 0.3) is 0 Å². The van der Waals surface area contributed by atoms with Gasteiger partial charge in [-0.05, 0) is 24.1 Å². The average Bonchev–Trinajstić information content (AvgIpc) is 2.38. The van der Waals surface area contributed by atoms with E-state index < -0.39 is 12.1 Å². The Kier molecular flexibility index (Phi) is 5.65. The van der Waals surface area contributed by atoms with Gasteiger partial charge in [-0.15, -0.1) is 0 Å². The summed E-state index contributed by atoms with van der Waals surface area (Å²) in [6.07, 6.45) is 0.0102. The first-order chi connectivity index (χ1) is 8.54. The van der Waals surface area contributed by atoms with Gasteiger partial charge in [-0.3, -0.25) is 0 Å². The van der Waals surface area contributed by atoms with Crippen molar-refractivity contribution < 1.29 is 19.4 Å². The van der Waals surface area contributed by atoms with Crippen LogP contribution in [0.4, 0.5) is 0 Å². The molecule has 4 nitrogen and oxygen atoms in total. The predicted octanol–water partition coefficient (Wildman–Crippen LogP) is 2.26. The molecule has 0 aliphatic carbocycles. The van der Waals surface area contributed by atoms with E-state index in [9.17, 15) is 9.90 Å². The maximum atomic E-state index is 11.7. The van der Waals surface area contributed by atoms with E-state index in [-0.39, 0.29) is 12.5 Å². The summed E-state index contributed by atoms with van der Waals surface area (Å²) in [5, 5.41) is 9.58. The summed E-state index contributed by atoms with van der Waals surface area (Å²) in [4.78, 5) is 11.7. The minimum atomic E-state index is -0.442. The molecular formula is C14H20O4. The molecule has 0 bridgehead atoms. The van der Waals surface area contributed by atoms with Gasteiger partial charge in [0.1, 0.15) is 5.75 Å². The average molecular weight is 252 g/mol. The van der Waals surface area contributed by atoms with Gasteiger partial charge >= 0.3 is 5.97 Å². The van der Waals surface area contributed by atoms with Gasteiger partial charge in [0.2, 0.25) is 0 Å². The second-order valence-corrected chi connectivity index (χ2v) is 4.47. The van der Waals surface area contributed by atoms with Crippen LogP contribution in [-0.2, 0) is 4.74 Å². The number of methoxy groups -OCH3 is 1. The highest BCUT2D eigenvalue weighted by atomic mass is 16.5. The first kappa shape index (κ1) is 14.5. The van der Waals surface area contributed by atoms with Crippen molar-refractivity contribution in [2.45, 2.75) is 26.4 Å². The summed E-state index contributed by atoms with van der Waals surface area (Å²) in [6, 6.07) is 6.79. The fourth-order valence-electron chi connectivity index (χ4n) is 1.44. The molecule has 1 unspecified atom stereocenters. The number of aliphatic hydroxyl groups excluding tert-OH is 1. The van der Waals surface area contributed by atoms with E-state index in [4.69, 9.17) is 9.47 Å². The van der Waals surface area contributed by atoms with Crippen LogP contribution in [0.1, 0.15) is 30.6 Å². The van der Waals surface area contributed by atoms with Crippen LogP contribution in [-0.4, -0.2) is 30.9 Å². The summed E-state index contributed by atoms with van der Waals surface area (Å²) >= 11 is 0. The van der Waals surface area contributed by atoms with Crippen LogP contribution in [0.15, 0.2) is 24.3 Å². The monoisotopic (exact) mass is 252 g/mol. The molecule has 1 N–H and O–H groups in total. The lowest BCUT2D eigenvalue weighted by molar-refractivity contribution is 0.0380. The summed E-state index contributed by atoms with van der Waals surface area (Å²) < 4.78 is 10.1. The molecule has 0 fully saturated rings. The van der Waals surface area contributed by atoms with Crippen molar-refractivity contribution in [1.29, 1.82) is 0 Å². The highest BCUT2D eigenvalue weighted by Crippen LogP contribution is 2.14. The Morgan fingerprint density at radius 3 is 2.72 bits per heavy atom. The van der Waals surface area contributed by atoms with E-state index in [1.54, 1.807) is 31.4 Å². The fourth-order valence-corrected chi connectivity index (χ4v) is 1.44. The molecule has 0 aliphatic rings. The number of carbonyl (C=O) groups excluding carboxylic acids is 1. The molecule has 0 spiro atoms. The molecule has 0 saturated carbocycles. The Hall–Kier alpha value is -1.55. The third kappa shape index (κ3) is 4.37. The maximum Gasteiger partial charge on any atom is 0.338 e.